The Kier molecular flexibility index (Phi) is 2.93. The third-order valence-corrected chi connectivity index (χ3v) is 2.51. The van der Waals surface area contributed by atoms with Gasteiger partial charge in [0.15, 0.2) is 0 Å². The fraction of sp³-hybridized carbons (Fsp3) is 0.600. The van der Waals surface area contributed by atoms with E-state index >= 15 is 0 Å². The van der Waals surface area contributed by atoms with Crippen LogP contribution in [0.2, 0.25) is 0 Å². The maximum absolute atomic E-state index is 5.87. The molecule has 0 aromatic carbocycles. The maximum Gasteiger partial charge on any atom is 0.216 e. The van der Waals surface area contributed by atoms with Gasteiger partial charge in [0.2, 0.25) is 5.88 Å². The molecule has 2 unspecified atom stereocenters. The van der Waals surface area contributed by atoms with Crippen molar-refractivity contribution in [2.75, 3.05) is 0 Å². The summed E-state index contributed by atoms with van der Waals surface area (Å²) in [6.45, 7) is 0. The van der Waals surface area contributed by atoms with Crippen molar-refractivity contribution in [2.24, 2.45) is 5.73 Å². The first kappa shape index (κ1) is 9.40. The number of rotatable bonds is 2. The Morgan fingerprint density at radius 1 is 1.43 bits per heavy atom. The normalized spacial score (nSPS) is 27.2. The Hall–Kier alpha value is -1.16. The van der Waals surface area contributed by atoms with Gasteiger partial charge in [0.05, 0.1) is 0 Å². The van der Waals surface area contributed by atoms with Crippen LogP contribution in [0.15, 0.2) is 18.6 Å². The second-order valence-corrected chi connectivity index (χ2v) is 3.71. The third-order valence-electron chi connectivity index (χ3n) is 2.51. The summed E-state index contributed by atoms with van der Waals surface area (Å²) in [6, 6.07) is 2.07. The van der Waals surface area contributed by atoms with E-state index < -0.39 is 0 Å². The highest BCUT2D eigenvalue weighted by Crippen LogP contribution is 2.21. The molecule has 4 nitrogen and oxygen atoms in total. The lowest BCUT2D eigenvalue weighted by atomic mass is 9.94. The molecular formula is C10H15N3O. The molecule has 0 aliphatic heterocycles. The molecule has 0 bridgehead atoms. The van der Waals surface area contributed by atoms with E-state index in [0.717, 1.165) is 25.7 Å². The molecule has 14 heavy (non-hydrogen) atoms. The Bertz CT molecular complexity index is 278. The largest absolute Gasteiger partial charge is 0.474 e. The van der Waals surface area contributed by atoms with Gasteiger partial charge in [-0.25, -0.2) is 9.97 Å². The summed E-state index contributed by atoms with van der Waals surface area (Å²) >= 11 is 0. The maximum atomic E-state index is 5.87. The molecule has 0 radical (unpaired) electrons. The van der Waals surface area contributed by atoms with E-state index in [1.165, 1.54) is 6.33 Å². The first-order chi connectivity index (χ1) is 6.84. The van der Waals surface area contributed by atoms with Gasteiger partial charge in [-0.1, -0.05) is 0 Å². The average Bonchev–Trinajstić information content (AvgIpc) is 2.19. The zero-order chi connectivity index (χ0) is 9.80. The summed E-state index contributed by atoms with van der Waals surface area (Å²) in [5.74, 6) is 0.652. The van der Waals surface area contributed by atoms with Gasteiger partial charge in [0.1, 0.15) is 12.4 Å². The van der Waals surface area contributed by atoms with E-state index in [9.17, 15) is 0 Å². The van der Waals surface area contributed by atoms with Crippen molar-refractivity contribution in [1.82, 2.24) is 9.97 Å². The summed E-state index contributed by atoms with van der Waals surface area (Å²) in [6.07, 6.45) is 7.69. The lowest BCUT2D eigenvalue weighted by Gasteiger charge is -2.26. The highest BCUT2D eigenvalue weighted by atomic mass is 16.5. The van der Waals surface area contributed by atoms with E-state index in [-0.39, 0.29) is 12.1 Å². The van der Waals surface area contributed by atoms with Gasteiger partial charge >= 0.3 is 0 Å². The van der Waals surface area contributed by atoms with Crippen LogP contribution in [0.3, 0.4) is 0 Å². The van der Waals surface area contributed by atoms with Crippen molar-refractivity contribution in [2.45, 2.75) is 37.8 Å². The molecule has 76 valence electrons. The molecule has 1 saturated carbocycles. The van der Waals surface area contributed by atoms with Gasteiger partial charge in [0.25, 0.3) is 0 Å². The van der Waals surface area contributed by atoms with Gasteiger partial charge in [-0.3, -0.25) is 0 Å². The molecular weight excluding hydrogens is 178 g/mol. The zero-order valence-corrected chi connectivity index (χ0v) is 8.10. The Morgan fingerprint density at radius 2 is 2.36 bits per heavy atom. The molecule has 4 heteroatoms. The quantitative estimate of drug-likeness (QED) is 0.764. The number of ether oxygens (including phenoxy) is 1. The summed E-state index contributed by atoms with van der Waals surface area (Å²) in [5.41, 5.74) is 5.87. The van der Waals surface area contributed by atoms with Crippen molar-refractivity contribution in [1.29, 1.82) is 0 Å². The van der Waals surface area contributed by atoms with Crippen LogP contribution in [0.5, 0.6) is 5.88 Å². The van der Waals surface area contributed by atoms with Crippen molar-refractivity contribution < 1.29 is 4.74 Å². The number of nitrogens with zero attached hydrogens (tertiary/aromatic N) is 2. The minimum Gasteiger partial charge on any atom is -0.474 e. The monoisotopic (exact) mass is 193 g/mol. The van der Waals surface area contributed by atoms with Gasteiger partial charge in [0, 0.05) is 18.3 Å². The van der Waals surface area contributed by atoms with Crippen LogP contribution in [-0.2, 0) is 0 Å². The number of hydrogen-bond donors (Lipinski definition) is 1. The average molecular weight is 193 g/mol. The molecule has 2 rings (SSSR count). The van der Waals surface area contributed by atoms with E-state index in [1.54, 1.807) is 12.3 Å². The van der Waals surface area contributed by atoms with Crippen LogP contribution >= 0.6 is 0 Å². The van der Waals surface area contributed by atoms with Gasteiger partial charge < -0.3 is 10.5 Å². The van der Waals surface area contributed by atoms with Gasteiger partial charge in [-0.15, -0.1) is 0 Å². The Morgan fingerprint density at radius 3 is 3.07 bits per heavy atom. The number of hydrogen-bond acceptors (Lipinski definition) is 4. The van der Waals surface area contributed by atoms with E-state index in [2.05, 4.69) is 9.97 Å². The molecule has 0 saturated heterocycles. The predicted octanol–water partition coefficient (Wildman–Crippen LogP) is 1.13. The van der Waals surface area contributed by atoms with Crippen molar-refractivity contribution in [3.63, 3.8) is 0 Å². The topological polar surface area (TPSA) is 61.0 Å². The lowest BCUT2D eigenvalue weighted by molar-refractivity contribution is 0.138. The summed E-state index contributed by atoms with van der Waals surface area (Å²) < 4.78 is 5.69. The standard InChI is InChI=1S/C10H15N3O/c11-8-2-1-3-9(6-8)14-10-4-5-12-7-13-10/h4-5,7-9H,1-3,6,11H2. The first-order valence-electron chi connectivity index (χ1n) is 5.03. The number of aromatic nitrogens is 2. The molecule has 1 aromatic heterocycles. The first-order valence-corrected chi connectivity index (χ1v) is 5.03. The summed E-state index contributed by atoms with van der Waals surface area (Å²) in [5, 5.41) is 0. The Labute approximate surface area is 83.5 Å². The van der Waals surface area contributed by atoms with Crippen LogP contribution in [0.25, 0.3) is 0 Å². The van der Waals surface area contributed by atoms with Crippen LogP contribution < -0.4 is 10.5 Å². The highest BCUT2D eigenvalue weighted by Gasteiger charge is 2.20. The second-order valence-electron chi connectivity index (χ2n) is 3.71. The molecule has 1 fully saturated rings. The van der Waals surface area contributed by atoms with Crippen LogP contribution in [0.4, 0.5) is 0 Å². The molecule has 0 spiro atoms. The van der Waals surface area contributed by atoms with Crippen molar-refractivity contribution in [3.05, 3.63) is 18.6 Å². The summed E-state index contributed by atoms with van der Waals surface area (Å²) in [4.78, 5) is 7.86. The third kappa shape index (κ3) is 2.42. The molecule has 2 atom stereocenters. The molecule has 1 heterocycles. The molecule has 1 aliphatic carbocycles. The molecule has 2 N–H and O–H groups in total. The zero-order valence-electron chi connectivity index (χ0n) is 8.10. The number of nitrogens with two attached hydrogens (primary N) is 1. The van der Waals surface area contributed by atoms with Gasteiger partial charge in [-0.2, -0.15) is 0 Å². The van der Waals surface area contributed by atoms with Crippen LogP contribution in [-0.4, -0.2) is 22.1 Å². The van der Waals surface area contributed by atoms with Gasteiger partial charge in [-0.05, 0) is 25.7 Å². The minimum absolute atomic E-state index is 0.230. The molecule has 1 aromatic rings. The van der Waals surface area contributed by atoms with Crippen LogP contribution in [0.1, 0.15) is 25.7 Å². The second kappa shape index (κ2) is 4.37. The smallest absolute Gasteiger partial charge is 0.216 e. The summed E-state index contributed by atoms with van der Waals surface area (Å²) in [7, 11) is 0. The van der Waals surface area contributed by atoms with Crippen LogP contribution in [0, 0.1) is 0 Å². The van der Waals surface area contributed by atoms with E-state index in [4.69, 9.17) is 10.5 Å². The SMILES string of the molecule is NC1CCCC(Oc2ccncn2)C1. The fourth-order valence-electron chi connectivity index (χ4n) is 1.81. The molecule has 0 amide bonds. The predicted molar refractivity (Wildman–Crippen MR) is 52.9 cm³/mol. The lowest BCUT2D eigenvalue weighted by Crippen LogP contribution is -2.33. The fourth-order valence-corrected chi connectivity index (χ4v) is 1.81. The van der Waals surface area contributed by atoms with Crippen molar-refractivity contribution in [3.8, 4) is 5.88 Å². The van der Waals surface area contributed by atoms with E-state index in [1.807, 2.05) is 0 Å². The highest BCUT2D eigenvalue weighted by molar-refractivity contribution is 5.05. The van der Waals surface area contributed by atoms with E-state index in [0.29, 0.717) is 5.88 Å². The Balaban J connectivity index is 1.91. The van der Waals surface area contributed by atoms with Crippen molar-refractivity contribution >= 4 is 0 Å². The molecule has 1 aliphatic rings. The minimum atomic E-state index is 0.230.